The number of carbonyl (C=O) groups is 1. The van der Waals surface area contributed by atoms with Gasteiger partial charge in [-0.1, -0.05) is 0 Å². The van der Waals surface area contributed by atoms with Gasteiger partial charge >= 0.3 is 6.09 Å². The first-order valence-corrected chi connectivity index (χ1v) is 6.62. The normalized spacial score (nSPS) is 21.6. The van der Waals surface area contributed by atoms with E-state index in [1.54, 1.807) is 6.33 Å². The zero-order chi connectivity index (χ0) is 14.8. The van der Waals surface area contributed by atoms with Crippen molar-refractivity contribution in [1.82, 2.24) is 24.8 Å². The molecule has 1 aliphatic rings. The highest BCUT2D eigenvalue weighted by Crippen LogP contribution is 2.30. The molecule has 9 nitrogen and oxygen atoms in total. The van der Waals surface area contributed by atoms with Crippen LogP contribution in [0.15, 0.2) is 12.7 Å². The largest absolute Gasteiger partial charge is 0.447 e. The summed E-state index contributed by atoms with van der Waals surface area (Å²) in [7, 11) is 1.52. The van der Waals surface area contributed by atoms with Gasteiger partial charge in [0.25, 0.3) is 0 Å². The number of aromatic nitrogens is 4. The third kappa shape index (κ3) is 2.59. The molecule has 0 unspecified atom stereocenters. The number of fused-ring (bicyclic) bond motifs is 1. The molecule has 3 rings (SSSR count). The Morgan fingerprint density at radius 1 is 1.52 bits per heavy atom. The molecule has 0 bridgehead atoms. The summed E-state index contributed by atoms with van der Waals surface area (Å²) in [4.78, 5) is 23.4. The second-order valence-electron chi connectivity index (χ2n) is 4.72. The number of anilines is 1. The molecule has 1 amide bonds. The topological polar surface area (TPSA) is 117 Å². The van der Waals surface area contributed by atoms with E-state index >= 15 is 0 Å². The van der Waals surface area contributed by atoms with Crippen LogP contribution in [0.4, 0.5) is 10.6 Å². The van der Waals surface area contributed by atoms with Crippen LogP contribution in [0, 0.1) is 0 Å². The molecule has 0 saturated carbocycles. The Morgan fingerprint density at radius 3 is 3.19 bits per heavy atom. The predicted octanol–water partition coefficient (Wildman–Crippen LogP) is 0.442. The van der Waals surface area contributed by atoms with Gasteiger partial charge in [0.05, 0.1) is 12.4 Å². The number of nitrogens with two attached hydrogens (primary N) is 1. The lowest BCUT2D eigenvalue weighted by Gasteiger charge is -2.15. The highest BCUT2D eigenvalue weighted by Gasteiger charge is 2.29. The molecule has 0 radical (unpaired) electrons. The van der Waals surface area contributed by atoms with Gasteiger partial charge in [0.2, 0.25) is 0 Å². The fraction of sp³-hybridized carbons (Fsp3) is 0.500. The van der Waals surface area contributed by atoms with Crippen molar-refractivity contribution in [3.63, 3.8) is 0 Å². The van der Waals surface area contributed by atoms with Crippen molar-refractivity contribution in [2.24, 2.45) is 0 Å². The maximum absolute atomic E-state index is 11.1. The summed E-state index contributed by atoms with van der Waals surface area (Å²) in [5.74, 6) is 0.344. The average molecular weight is 292 g/mol. The summed E-state index contributed by atoms with van der Waals surface area (Å²) >= 11 is 0. The van der Waals surface area contributed by atoms with E-state index in [0.29, 0.717) is 17.0 Å². The quantitative estimate of drug-likeness (QED) is 0.842. The SMILES string of the molecule is CNC(=O)OC[C@H]1CC[C@@H](n2cnc3c(N)ncnc32)O1. The molecule has 2 aromatic heterocycles. The number of nitrogens with zero attached hydrogens (tertiary/aromatic N) is 4. The summed E-state index contributed by atoms with van der Waals surface area (Å²) in [6.07, 6.45) is 3.83. The number of alkyl carbamates (subject to hydrolysis) is 1. The van der Waals surface area contributed by atoms with Gasteiger partial charge in [-0.15, -0.1) is 0 Å². The lowest BCUT2D eigenvalue weighted by Crippen LogP contribution is -2.25. The molecular weight excluding hydrogens is 276 g/mol. The number of amides is 1. The molecule has 112 valence electrons. The maximum atomic E-state index is 11.1. The monoisotopic (exact) mass is 292 g/mol. The zero-order valence-electron chi connectivity index (χ0n) is 11.5. The van der Waals surface area contributed by atoms with Crippen molar-refractivity contribution in [3.05, 3.63) is 12.7 Å². The number of hydrogen-bond donors (Lipinski definition) is 2. The van der Waals surface area contributed by atoms with E-state index in [1.165, 1.54) is 13.4 Å². The van der Waals surface area contributed by atoms with Gasteiger partial charge in [0.1, 0.15) is 24.7 Å². The molecule has 2 aromatic rings. The van der Waals surface area contributed by atoms with Crippen LogP contribution >= 0.6 is 0 Å². The average Bonchev–Trinajstić information content (AvgIpc) is 3.11. The minimum absolute atomic E-state index is 0.135. The van der Waals surface area contributed by atoms with Crippen molar-refractivity contribution < 1.29 is 14.3 Å². The molecule has 9 heteroatoms. The van der Waals surface area contributed by atoms with Gasteiger partial charge in [-0.2, -0.15) is 0 Å². The fourth-order valence-corrected chi connectivity index (χ4v) is 2.34. The van der Waals surface area contributed by atoms with Crippen molar-refractivity contribution in [2.45, 2.75) is 25.2 Å². The lowest BCUT2D eigenvalue weighted by molar-refractivity contribution is -0.0244. The van der Waals surface area contributed by atoms with Crippen LogP contribution in [0.25, 0.3) is 11.2 Å². The highest BCUT2D eigenvalue weighted by atomic mass is 16.6. The van der Waals surface area contributed by atoms with E-state index in [2.05, 4.69) is 20.3 Å². The Bertz CT molecular complexity index is 657. The number of ether oxygens (including phenoxy) is 2. The first kappa shape index (κ1) is 13.6. The first-order chi connectivity index (χ1) is 10.2. The van der Waals surface area contributed by atoms with Gasteiger partial charge in [-0.05, 0) is 12.8 Å². The van der Waals surface area contributed by atoms with Crippen LogP contribution in [0.2, 0.25) is 0 Å². The molecule has 2 atom stereocenters. The van der Waals surface area contributed by atoms with Crippen LogP contribution in [0.1, 0.15) is 19.1 Å². The van der Waals surface area contributed by atoms with Gasteiger partial charge in [0.15, 0.2) is 11.5 Å². The van der Waals surface area contributed by atoms with E-state index in [9.17, 15) is 4.79 Å². The second kappa shape index (κ2) is 5.52. The minimum Gasteiger partial charge on any atom is -0.447 e. The number of nitrogens with one attached hydrogen (secondary N) is 1. The third-order valence-electron chi connectivity index (χ3n) is 3.39. The zero-order valence-corrected chi connectivity index (χ0v) is 11.5. The summed E-state index contributed by atoms with van der Waals surface area (Å²) in [6, 6.07) is 0. The Morgan fingerprint density at radius 2 is 2.38 bits per heavy atom. The van der Waals surface area contributed by atoms with Gasteiger partial charge < -0.3 is 20.5 Å². The van der Waals surface area contributed by atoms with Crippen molar-refractivity contribution in [3.8, 4) is 0 Å². The molecule has 1 fully saturated rings. The summed E-state index contributed by atoms with van der Waals surface area (Å²) < 4.78 is 12.7. The van der Waals surface area contributed by atoms with E-state index in [-0.39, 0.29) is 18.9 Å². The molecule has 0 aliphatic carbocycles. The molecule has 1 saturated heterocycles. The van der Waals surface area contributed by atoms with E-state index in [4.69, 9.17) is 15.2 Å². The first-order valence-electron chi connectivity index (χ1n) is 6.62. The molecular formula is C12H16N6O3. The Hall–Kier alpha value is -2.42. The summed E-state index contributed by atoms with van der Waals surface area (Å²) in [6.45, 7) is 0.222. The fourth-order valence-electron chi connectivity index (χ4n) is 2.34. The Labute approximate surface area is 120 Å². The van der Waals surface area contributed by atoms with Gasteiger partial charge in [-0.3, -0.25) is 4.57 Å². The molecule has 21 heavy (non-hydrogen) atoms. The van der Waals surface area contributed by atoms with Crippen molar-refractivity contribution >= 4 is 23.1 Å². The van der Waals surface area contributed by atoms with Crippen LogP contribution in [0.5, 0.6) is 0 Å². The molecule has 0 aromatic carbocycles. The standard InChI is InChI=1S/C12H16N6O3/c1-14-12(19)20-4-7-2-3-8(21-7)18-6-17-9-10(13)15-5-16-11(9)18/h5-8H,2-4H2,1H3,(H,14,19)(H2,13,15,16)/t7-,8+/m1/s1. The number of hydrogen-bond acceptors (Lipinski definition) is 7. The summed E-state index contributed by atoms with van der Waals surface area (Å²) in [5, 5.41) is 2.40. The Kier molecular flexibility index (Phi) is 3.57. The number of nitrogen functional groups attached to an aromatic ring is 1. The van der Waals surface area contributed by atoms with Crippen molar-refractivity contribution in [1.29, 1.82) is 0 Å². The number of rotatable bonds is 3. The van der Waals surface area contributed by atoms with E-state index < -0.39 is 6.09 Å². The van der Waals surface area contributed by atoms with Crippen LogP contribution in [-0.2, 0) is 9.47 Å². The lowest BCUT2D eigenvalue weighted by atomic mass is 10.2. The van der Waals surface area contributed by atoms with E-state index in [1.807, 2.05) is 4.57 Å². The van der Waals surface area contributed by atoms with Crippen LogP contribution in [0.3, 0.4) is 0 Å². The Balaban J connectivity index is 1.70. The maximum Gasteiger partial charge on any atom is 0.406 e. The molecule has 3 heterocycles. The smallest absolute Gasteiger partial charge is 0.406 e. The summed E-state index contributed by atoms with van der Waals surface area (Å²) in [5.41, 5.74) is 6.96. The van der Waals surface area contributed by atoms with E-state index in [0.717, 1.165) is 12.8 Å². The minimum atomic E-state index is -0.462. The van der Waals surface area contributed by atoms with Gasteiger partial charge in [-0.25, -0.2) is 19.7 Å². The number of carbonyl (C=O) groups excluding carboxylic acids is 1. The predicted molar refractivity (Wildman–Crippen MR) is 73.3 cm³/mol. The van der Waals surface area contributed by atoms with Gasteiger partial charge in [0, 0.05) is 7.05 Å². The second-order valence-corrected chi connectivity index (χ2v) is 4.72. The molecule has 0 spiro atoms. The third-order valence-corrected chi connectivity index (χ3v) is 3.39. The highest BCUT2D eigenvalue weighted by molar-refractivity contribution is 5.81. The van der Waals surface area contributed by atoms with Crippen molar-refractivity contribution in [2.75, 3.05) is 19.4 Å². The van der Waals surface area contributed by atoms with Crippen LogP contribution in [-0.4, -0.2) is 45.4 Å². The van der Waals surface area contributed by atoms with Crippen LogP contribution < -0.4 is 11.1 Å². The molecule has 1 aliphatic heterocycles. The number of imidazole rings is 1. The molecule has 3 N–H and O–H groups in total.